The number of hydrogen-bond acceptors (Lipinski definition) is 3. The van der Waals surface area contributed by atoms with E-state index in [0.717, 1.165) is 22.6 Å². The average molecular weight is 380 g/mol. The standard InChI is InChI=1S/C15H13Cl3OS2/c1-19-12-6-10(16)9(5-11(12)17)15(18)14-4-8-7-20-3-2-13(8)21-14/h4-6,15H,2-3,7H2,1H3. The summed E-state index contributed by atoms with van der Waals surface area (Å²) in [5.74, 6) is 2.83. The van der Waals surface area contributed by atoms with Gasteiger partial charge in [0.05, 0.1) is 17.5 Å². The zero-order valence-electron chi connectivity index (χ0n) is 11.3. The van der Waals surface area contributed by atoms with Crippen molar-refractivity contribution in [1.82, 2.24) is 0 Å². The molecule has 1 aliphatic heterocycles. The van der Waals surface area contributed by atoms with Crippen molar-refractivity contribution in [1.29, 1.82) is 0 Å². The van der Waals surface area contributed by atoms with Crippen molar-refractivity contribution in [2.24, 2.45) is 0 Å². The van der Waals surface area contributed by atoms with E-state index in [2.05, 4.69) is 6.07 Å². The Balaban J connectivity index is 1.96. The Hall–Kier alpha value is -0.0600. The third-order valence-corrected chi connectivity index (χ3v) is 6.97. The molecule has 1 atom stereocenters. The molecule has 112 valence electrons. The Morgan fingerprint density at radius 3 is 2.71 bits per heavy atom. The predicted molar refractivity (Wildman–Crippen MR) is 94.9 cm³/mol. The van der Waals surface area contributed by atoms with Crippen molar-refractivity contribution in [3.05, 3.63) is 49.1 Å². The van der Waals surface area contributed by atoms with Crippen LogP contribution in [0.3, 0.4) is 0 Å². The van der Waals surface area contributed by atoms with E-state index < -0.39 is 0 Å². The first-order valence-corrected chi connectivity index (χ1v) is 9.62. The van der Waals surface area contributed by atoms with Crippen molar-refractivity contribution in [3.8, 4) is 5.75 Å². The van der Waals surface area contributed by atoms with Crippen molar-refractivity contribution in [3.63, 3.8) is 0 Å². The first-order valence-electron chi connectivity index (χ1n) is 6.46. The zero-order valence-corrected chi connectivity index (χ0v) is 15.2. The smallest absolute Gasteiger partial charge is 0.138 e. The van der Waals surface area contributed by atoms with E-state index in [1.807, 2.05) is 11.8 Å². The number of methoxy groups -OCH3 is 1. The van der Waals surface area contributed by atoms with Crippen LogP contribution in [0.2, 0.25) is 10.0 Å². The summed E-state index contributed by atoms with van der Waals surface area (Å²) in [6.07, 6.45) is 1.13. The minimum absolute atomic E-state index is 0.276. The first-order chi connectivity index (χ1) is 10.1. The summed E-state index contributed by atoms with van der Waals surface area (Å²) in [6.45, 7) is 0. The van der Waals surface area contributed by atoms with Crippen molar-refractivity contribution in [2.75, 3.05) is 12.9 Å². The molecule has 1 nitrogen and oxygen atoms in total. The highest BCUT2D eigenvalue weighted by molar-refractivity contribution is 7.98. The van der Waals surface area contributed by atoms with Crippen molar-refractivity contribution >= 4 is 57.9 Å². The lowest BCUT2D eigenvalue weighted by Crippen LogP contribution is -1.96. The largest absolute Gasteiger partial charge is 0.495 e. The number of hydrogen-bond donors (Lipinski definition) is 0. The molecule has 2 heterocycles. The highest BCUT2D eigenvalue weighted by Gasteiger charge is 2.22. The molecule has 21 heavy (non-hydrogen) atoms. The van der Waals surface area contributed by atoms with Crippen LogP contribution in [0.4, 0.5) is 0 Å². The topological polar surface area (TPSA) is 9.23 Å². The average Bonchev–Trinajstić information content (AvgIpc) is 2.92. The van der Waals surface area contributed by atoms with E-state index in [4.69, 9.17) is 39.5 Å². The van der Waals surface area contributed by atoms with Gasteiger partial charge in [0.1, 0.15) is 5.75 Å². The number of thioether (sulfide) groups is 1. The molecule has 0 spiro atoms. The molecule has 6 heteroatoms. The summed E-state index contributed by atoms with van der Waals surface area (Å²) >= 11 is 22.9. The van der Waals surface area contributed by atoms with Crippen LogP contribution in [-0.4, -0.2) is 12.9 Å². The monoisotopic (exact) mass is 378 g/mol. The van der Waals surface area contributed by atoms with E-state index >= 15 is 0 Å². The number of ether oxygens (including phenoxy) is 1. The Morgan fingerprint density at radius 1 is 1.19 bits per heavy atom. The Kier molecular flexibility index (Phi) is 4.97. The van der Waals surface area contributed by atoms with E-state index in [9.17, 15) is 0 Å². The molecule has 1 unspecified atom stereocenters. The van der Waals surface area contributed by atoms with Crippen LogP contribution in [0.1, 0.15) is 26.3 Å². The van der Waals surface area contributed by atoms with Crippen LogP contribution < -0.4 is 4.74 Å². The molecule has 0 amide bonds. The highest BCUT2D eigenvalue weighted by Crippen LogP contribution is 2.43. The number of alkyl halides is 1. The number of benzene rings is 1. The molecule has 0 N–H and O–H groups in total. The maximum atomic E-state index is 6.64. The van der Waals surface area contributed by atoms with Gasteiger partial charge in [0.15, 0.2) is 0 Å². The van der Waals surface area contributed by atoms with E-state index in [1.54, 1.807) is 30.6 Å². The maximum absolute atomic E-state index is 6.64. The molecule has 0 radical (unpaired) electrons. The van der Waals surface area contributed by atoms with E-state index in [1.165, 1.54) is 16.2 Å². The normalized spacial score (nSPS) is 15.6. The van der Waals surface area contributed by atoms with Crippen LogP contribution in [0.25, 0.3) is 0 Å². The number of fused-ring (bicyclic) bond motifs is 1. The zero-order chi connectivity index (χ0) is 15.0. The highest BCUT2D eigenvalue weighted by atomic mass is 35.5. The van der Waals surface area contributed by atoms with E-state index in [0.29, 0.717) is 15.8 Å². The van der Waals surface area contributed by atoms with Crippen molar-refractivity contribution in [2.45, 2.75) is 17.6 Å². The Labute approximate surface area is 147 Å². The lowest BCUT2D eigenvalue weighted by atomic mass is 10.1. The van der Waals surface area contributed by atoms with Gasteiger partial charge in [-0.15, -0.1) is 22.9 Å². The van der Waals surface area contributed by atoms with Crippen LogP contribution in [0, 0.1) is 0 Å². The fourth-order valence-electron chi connectivity index (χ4n) is 2.34. The number of rotatable bonds is 3. The van der Waals surface area contributed by atoms with Gasteiger partial charge in [0.25, 0.3) is 0 Å². The fourth-order valence-corrected chi connectivity index (χ4v) is 5.66. The third kappa shape index (κ3) is 3.18. The molecular formula is C15H13Cl3OS2. The van der Waals surface area contributed by atoms with Gasteiger partial charge in [0, 0.05) is 26.6 Å². The van der Waals surface area contributed by atoms with Gasteiger partial charge in [0.2, 0.25) is 0 Å². The van der Waals surface area contributed by atoms with Gasteiger partial charge in [-0.25, -0.2) is 0 Å². The second kappa shape index (κ2) is 6.59. The molecule has 0 saturated carbocycles. The second-order valence-corrected chi connectivity index (χ2v) is 8.29. The molecule has 3 rings (SSSR count). The number of aryl methyl sites for hydroxylation is 1. The molecule has 1 aliphatic rings. The second-order valence-electron chi connectivity index (χ2n) is 4.77. The van der Waals surface area contributed by atoms with Gasteiger partial charge in [-0.2, -0.15) is 11.8 Å². The summed E-state index contributed by atoms with van der Waals surface area (Å²) < 4.78 is 5.17. The lowest BCUT2D eigenvalue weighted by molar-refractivity contribution is 0.415. The summed E-state index contributed by atoms with van der Waals surface area (Å²) in [4.78, 5) is 2.58. The maximum Gasteiger partial charge on any atom is 0.138 e. The fraction of sp³-hybridized carbons (Fsp3) is 0.333. The van der Waals surface area contributed by atoms with Gasteiger partial charge in [-0.05, 0) is 35.4 Å². The Morgan fingerprint density at radius 2 is 2.00 bits per heavy atom. The quantitative estimate of drug-likeness (QED) is 0.589. The predicted octanol–water partition coefficient (Wildman–Crippen LogP) is 6.18. The summed E-state index contributed by atoms with van der Waals surface area (Å²) in [7, 11) is 1.57. The van der Waals surface area contributed by atoms with Crippen LogP contribution in [0.15, 0.2) is 18.2 Å². The lowest BCUT2D eigenvalue weighted by Gasteiger charge is -2.12. The summed E-state index contributed by atoms with van der Waals surface area (Å²) in [5.41, 5.74) is 2.24. The molecule has 1 aromatic carbocycles. The molecule has 0 saturated heterocycles. The molecule has 2 aromatic rings. The van der Waals surface area contributed by atoms with Crippen LogP contribution in [0.5, 0.6) is 5.75 Å². The minimum atomic E-state index is -0.276. The number of thiophene rings is 1. The molecule has 1 aromatic heterocycles. The molecule has 0 aliphatic carbocycles. The van der Waals surface area contributed by atoms with Gasteiger partial charge >= 0.3 is 0 Å². The van der Waals surface area contributed by atoms with Crippen LogP contribution in [-0.2, 0) is 12.2 Å². The van der Waals surface area contributed by atoms with E-state index in [-0.39, 0.29) is 5.38 Å². The SMILES string of the molecule is COc1cc(Cl)c(C(Cl)c2cc3c(s2)CCSC3)cc1Cl. The Bertz CT molecular complexity index is 646. The summed E-state index contributed by atoms with van der Waals surface area (Å²) in [5, 5.41) is 0.831. The third-order valence-electron chi connectivity index (χ3n) is 3.44. The van der Waals surface area contributed by atoms with Crippen molar-refractivity contribution < 1.29 is 4.74 Å². The summed E-state index contributed by atoms with van der Waals surface area (Å²) in [6, 6.07) is 5.73. The van der Waals surface area contributed by atoms with Crippen LogP contribution >= 0.6 is 57.9 Å². The number of halogens is 3. The van der Waals surface area contributed by atoms with Gasteiger partial charge in [-0.1, -0.05) is 23.2 Å². The van der Waals surface area contributed by atoms with Gasteiger partial charge in [-0.3, -0.25) is 0 Å². The molecule has 0 fully saturated rings. The van der Waals surface area contributed by atoms with Gasteiger partial charge < -0.3 is 4.74 Å². The molecular weight excluding hydrogens is 367 g/mol. The molecule has 0 bridgehead atoms. The minimum Gasteiger partial charge on any atom is -0.495 e. The first kappa shape index (κ1) is 15.8.